The molecule has 0 aliphatic heterocycles. The van der Waals surface area contributed by atoms with E-state index in [-0.39, 0.29) is 18.3 Å². The zero-order valence-corrected chi connectivity index (χ0v) is 14.4. The summed E-state index contributed by atoms with van der Waals surface area (Å²) in [6.07, 6.45) is 1.63. The number of benzene rings is 2. The summed E-state index contributed by atoms with van der Waals surface area (Å²) in [5, 5.41) is 0. The minimum absolute atomic E-state index is 0.214. The Morgan fingerprint density at radius 2 is 1.77 bits per heavy atom. The zero-order chi connectivity index (χ0) is 18.5. The number of nitrogens with zero attached hydrogens (tertiary/aromatic N) is 3. The van der Waals surface area contributed by atoms with Crippen molar-refractivity contribution in [1.82, 2.24) is 14.9 Å². The highest BCUT2D eigenvalue weighted by molar-refractivity contribution is 5.94. The molecule has 1 aromatic heterocycles. The maximum Gasteiger partial charge on any atom is 0.254 e. The lowest BCUT2D eigenvalue weighted by atomic mass is 10.1. The molecule has 0 spiro atoms. The monoisotopic (exact) mass is 350 g/mol. The minimum atomic E-state index is -0.382. The number of halogens is 1. The van der Waals surface area contributed by atoms with Crippen LogP contribution in [0.1, 0.15) is 27.3 Å². The summed E-state index contributed by atoms with van der Waals surface area (Å²) >= 11 is 0. The van der Waals surface area contributed by atoms with Crippen molar-refractivity contribution in [3.8, 4) is 0 Å². The van der Waals surface area contributed by atoms with E-state index in [1.807, 2.05) is 30.3 Å². The Bertz CT molecular complexity index is 897. The van der Waals surface area contributed by atoms with Gasteiger partial charge in [0.1, 0.15) is 17.5 Å². The van der Waals surface area contributed by atoms with Crippen LogP contribution in [0.15, 0.2) is 60.8 Å². The fourth-order valence-electron chi connectivity index (χ4n) is 2.62. The standard InChI is InChI=1S/C20H19FN4O/c1-14-23-11-17(19(22)24-14)13-25(12-15-5-3-2-4-6-15)20(26)16-7-9-18(21)10-8-16/h2-11H,12-13H2,1H3,(H2,22,23,24). The van der Waals surface area contributed by atoms with Crippen molar-refractivity contribution in [3.63, 3.8) is 0 Å². The normalized spacial score (nSPS) is 10.5. The van der Waals surface area contributed by atoms with Crippen molar-refractivity contribution >= 4 is 11.7 Å². The number of anilines is 1. The predicted octanol–water partition coefficient (Wildman–Crippen LogP) is 3.35. The Hall–Kier alpha value is -3.28. The van der Waals surface area contributed by atoms with E-state index in [9.17, 15) is 9.18 Å². The third kappa shape index (κ3) is 4.22. The van der Waals surface area contributed by atoms with Crippen molar-refractivity contribution in [2.24, 2.45) is 0 Å². The minimum Gasteiger partial charge on any atom is -0.383 e. The molecule has 0 aliphatic rings. The van der Waals surface area contributed by atoms with Gasteiger partial charge in [0.2, 0.25) is 0 Å². The highest BCUT2D eigenvalue weighted by atomic mass is 19.1. The average molecular weight is 350 g/mol. The van der Waals surface area contributed by atoms with Gasteiger partial charge in [0.25, 0.3) is 5.91 Å². The Labute approximate surface area is 151 Å². The third-order valence-corrected chi connectivity index (χ3v) is 3.97. The van der Waals surface area contributed by atoms with Gasteiger partial charge in [0.05, 0.1) is 6.54 Å². The van der Waals surface area contributed by atoms with E-state index < -0.39 is 0 Å². The second kappa shape index (κ2) is 7.74. The van der Waals surface area contributed by atoms with E-state index in [2.05, 4.69) is 9.97 Å². The lowest BCUT2D eigenvalue weighted by Gasteiger charge is -2.23. The van der Waals surface area contributed by atoms with Crippen LogP contribution in [0.3, 0.4) is 0 Å². The molecular formula is C20H19FN4O. The van der Waals surface area contributed by atoms with Crippen molar-refractivity contribution < 1.29 is 9.18 Å². The quantitative estimate of drug-likeness (QED) is 0.766. The molecule has 0 unspecified atom stereocenters. The number of carbonyl (C=O) groups excluding carboxylic acids is 1. The van der Waals surface area contributed by atoms with Crippen LogP contribution in [0.4, 0.5) is 10.2 Å². The van der Waals surface area contributed by atoms with Crippen LogP contribution < -0.4 is 5.73 Å². The molecule has 0 bridgehead atoms. The maximum atomic E-state index is 13.2. The molecule has 0 saturated carbocycles. The number of aryl methyl sites for hydroxylation is 1. The van der Waals surface area contributed by atoms with Crippen molar-refractivity contribution in [1.29, 1.82) is 0 Å². The summed E-state index contributed by atoms with van der Waals surface area (Å²) in [6, 6.07) is 15.1. The van der Waals surface area contributed by atoms with Gasteiger partial charge >= 0.3 is 0 Å². The summed E-state index contributed by atoms with van der Waals surface area (Å²) in [6.45, 7) is 2.41. The number of carbonyl (C=O) groups is 1. The van der Waals surface area contributed by atoms with Crippen LogP contribution in [0.25, 0.3) is 0 Å². The first-order chi connectivity index (χ1) is 12.5. The SMILES string of the molecule is Cc1ncc(CN(Cc2ccccc2)C(=O)c2ccc(F)cc2)c(N)n1. The van der Waals surface area contributed by atoms with Crippen LogP contribution in [0.2, 0.25) is 0 Å². The average Bonchev–Trinajstić information content (AvgIpc) is 2.64. The van der Waals surface area contributed by atoms with Crippen molar-refractivity contribution in [3.05, 3.63) is 89.1 Å². The molecule has 1 amide bonds. The number of hydrogen-bond acceptors (Lipinski definition) is 4. The molecule has 3 aromatic rings. The number of hydrogen-bond donors (Lipinski definition) is 1. The van der Waals surface area contributed by atoms with Crippen molar-refractivity contribution in [2.45, 2.75) is 20.0 Å². The molecule has 26 heavy (non-hydrogen) atoms. The van der Waals surface area contributed by atoms with Gasteiger partial charge in [-0.1, -0.05) is 30.3 Å². The molecule has 1 heterocycles. The fourth-order valence-corrected chi connectivity index (χ4v) is 2.62. The summed E-state index contributed by atoms with van der Waals surface area (Å²) in [5.74, 6) is 0.328. The van der Waals surface area contributed by atoms with Gasteiger partial charge in [0.15, 0.2) is 0 Å². The first kappa shape index (κ1) is 17.5. The van der Waals surface area contributed by atoms with Gasteiger partial charge in [-0.05, 0) is 36.8 Å². The van der Waals surface area contributed by atoms with E-state index in [4.69, 9.17) is 5.73 Å². The Balaban J connectivity index is 1.90. The topological polar surface area (TPSA) is 72.1 Å². The van der Waals surface area contributed by atoms with E-state index in [0.29, 0.717) is 29.3 Å². The second-order valence-corrected chi connectivity index (χ2v) is 5.98. The Morgan fingerprint density at radius 1 is 1.08 bits per heavy atom. The molecule has 132 valence electrons. The molecule has 3 rings (SSSR count). The fraction of sp³-hybridized carbons (Fsp3) is 0.150. The highest BCUT2D eigenvalue weighted by Crippen LogP contribution is 2.17. The highest BCUT2D eigenvalue weighted by Gasteiger charge is 2.18. The number of aromatic nitrogens is 2. The van der Waals surface area contributed by atoms with Gasteiger partial charge in [-0.15, -0.1) is 0 Å². The second-order valence-electron chi connectivity index (χ2n) is 5.98. The summed E-state index contributed by atoms with van der Waals surface area (Å²) in [5.41, 5.74) is 8.04. The molecule has 5 nitrogen and oxygen atoms in total. The smallest absolute Gasteiger partial charge is 0.254 e. The van der Waals surface area contributed by atoms with E-state index >= 15 is 0 Å². The largest absolute Gasteiger partial charge is 0.383 e. The van der Waals surface area contributed by atoms with Gasteiger partial charge in [-0.2, -0.15) is 0 Å². The number of nitrogen functional groups attached to an aromatic ring is 1. The summed E-state index contributed by atoms with van der Waals surface area (Å²) in [4.78, 5) is 22.9. The van der Waals surface area contributed by atoms with Crippen LogP contribution in [-0.4, -0.2) is 20.8 Å². The van der Waals surface area contributed by atoms with Gasteiger partial charge in [-0.25, -0.2) is 14.4 Å². The third-order valence-electron chi connectivity index (χ3n) is 3.97. The van der Waals surface area contributed by atoms with E-state index in [0.717, 1.165) is 5.56 Å². The molecule has 0 fully saturated rings. The molecule has 2 N–H and O–H groups in total. The van der Waals surface area contributed by atoms with Gasteiger partial charge in [0, 0.05) is 23.9 Å². The number of amides is 1. The maximum absolute atomic E-state index is 13.2. The zero-order valence-electron chi connectivity index (χ0n) is 14.4. The van der Waals surface area contributed by atoms with Crippen molar-refractivity contribution in [2.75, 3.05) is 5.73 Å². The lowest BCUT2D eigenvalue weighted by Crippen LogP contribution is -2.30. The van der Waals surface area contributed by atoms with Gasteiger partial charge in [-0.3, -0.25) is 4.79 Å². The first-order valence-corrected chi connectivity index (χ1v) is 8.19. The molecular weight excluding hydrogens is 331 g/mol. The summed E-state index contributed by atoms with van der Waals surface area (Å²) < 4.78 is 13.2. The molecule has 0 radical (unpaired) electrons. The molecule has 2 aromatic carbocycles. The summed E-state index contributed by atoms with van der Waals surface area (Å²) in [7, 11) is 0. The Kier molecular flexibility index (Phi) is 5.22. The lowest BCUT2D eigenvalue weighted by molar-refractivity contribution is 0.0730. The molecule has 0 saturated heterocycles. The van der Waals surface area contributed by atoms with Crippen LogP contribution >= 0.6 is 0 Å². The van der Waals surface area contributed by atoms with E-state index in [1.165, 1.54) is 24.3 Å². The van der Waals surface area contributed by atoms with E-state index in [1.54, 1.807) is 18.0 Å². The number of rotatable bonds is 5. The number of nitrogens with two attached hydrogens (primary N) is 1. The van der Waals surface area contributed by atoms with Crippen LogP contribution in [0.5, 0.6) is 0 Å². The van der Waals surface area contributed by atoms with Gasteiger partial charge < -0.3 is 10.6 Å². The Morgan fingerprint density at radius 3 is 2.42 bits per heavy atom. The molecule has 0 atom stereocenters. The molecule has 0 aliphatic carbocycles. The molecule has 6 heteroatoms. The van der Waals surface area contributed by atoms with Crippen LogP contribution in [0, 0.1) is 12.7 Å². The first-order valence-electron chi connectivity index (χ1n) is 8.19. The predicted molar refractivity (Wildman–Crippen MR) is 97.6 cm³/mol. The van der Waals surface area contributed by atoms with Crippen LogP contribution in [-0.2, 0) is 13.1 Å².